The quantitative estimate of drug-likeness (QED) is 0.680. The van der Waals surface area contributed by atoms with E-state index in [0.717, 1.165) is 31.2 Å². The van der Waals surface area contributed by atoms with Crippen LogP contribution in [-0.4, -0.2) is 48.4 Å². The third kappa shape index (κ3) is 2.60. The number of aromatic nitrogens is 1. The first-order valence-electron chi connectivity index (χ1n) is 8.07. The number of hydrogen-bond acceptors (Lipinski definition) is 4. The number of nitrogens with zero attached hydrogens (tertiary/aromatic N) is 3. The van der Waals surface area contributed by atoms with Crippen LogP contribution in [0.5, 0.6) is 0 Å². The summed E-state index contributed by atoms with van der Waals surface area (Å²) >= 11 is 0. The van der Waals surface area contributed by atoms with E-state index >= 15 is 0 Å². The molecule has 1 aliphatic carbocycles. The summed E-state index contributed by atoms with van der Waals surface area (Å²) in [6.45, 7) is 8.92. The molecule has 1 aliphatic heterocycles. The Hall–Kier alpha value is -1.56. The molecule has 3 rings (SSSR count). The van der Waals surface area contributed by atoms with E-state index < -0.39 is 0 Å². The molecule has 0 aromatic carbocycles. The molecule has 122 valence electrons. The second-order valence-corrected chi connectivity index (χ2v) is 6.83. The average Bonchev–Trinajstić information content (AvgIpc) is 3.13. The van der Waals surface area contributed by atoms with Gasteiger partial charge in [0, 0.05) is 43.6 Å². The minimum absolute atomic E-state index is 0.143. The number of rotatable bonds is 4. The van der Waals surface area contributed by atoms with Gasteiger partial charge in [-0.05, 0) is 13.3 Å². The first kappa shape index (κ1) is 15.3. The summed E-state index contributed by atoms with van der Waals surface area (Å²) in [5, 5.41) is 7.64. The van der Waals surface area contributed by atoms with Crippen LogP contribution in [0.2, 0.25) is 0 Å². The van der Waals surface area contributed by atoms with Gasteiger partial charge >= 0.3 is 0 Å². The van der Waals surface area contributed by atoms with E-state index in [1.165, 1.54) is 0 Å². The molecule has 0 radical (unpaired) electrons. The lowest BCUT2D eigenvalue weighted by atomic mass is 9.57. The van der Waals surface area contributed by atoms with Crippen molar-refractivity contribution in [3.8, 4) is 0 Å². The third-order valence-corrected chi connectivity index (χ3v) is 4.94. The third-order valence-electron chi connectivity index (χ3n) is 4.94. The summed E-state index contributed by atoms with van der Waals surface area (Å²) in [6.07, 6.45) is 3.12. The molecule has 3 unspecified atom stereocenters. The van der Waals surface area contributed by atoms with E-state index in [-0.39, 0.29) is 5.41 Å². The van der Waals surface area contributed by atoms with Crippen LogP contribution in [0.4, 0.5) is 0 Å². The zero-order chi connectivity index (χ0) is 15.7. The lowest BCUT2D eigenvalue weighted by Crippen LogP contribution is -2.67. The molecule has 0 amide bonds. The topological polar surface area (TPSA) is 62.9 Å². The summed E-state index contributed by atoms with van der Waals surface area (Å²) in [7, 11) is 2.03. The first-order chi connectivity index (χ1) is 10.5. The maximum absolute atomic E-state index is 5.87. The Labute approximate surface area is 131 Å². The first-order valence-corrected chi connectivity index (χ1v) is 8.07. The van der Waals surface area contributed by atoms with E-state index in [0.29, 0.717) is 24.6 Å². The summed E-state index contributed by atoms with van der Waals surface area (Å²) in [6, 6.07) is 2.29. The Bertz CT molecular complexity index is 526. The van der Waals surface area contributed by atoms with E-state index in [4.69, 9.17) is 9.26 Å². The molecular weight excluding hydrogens is 280 g/mol. The van der Waals surface area contributed by atoms with E-state index in [1.807, 2.05) is 13.1 Å². The minimum Gasteiger partial charge on any atom is -0.377 e. The highest BCUT2D eigenvalue weighted by atomic mass is 16.5. The van der Waals surface area contributed by atoms with E-state index in [9.17, 15) is 0 Å². The number of fused-ring (bicyclic) bond motifs is 1. The highest BCUT2D eigenvalue weighted by Gasteiger charge is 2.59. The molecule has 6 nitrogen and oxygen atoms in total. The van der Waals surface area contributed by atoms with Gasteiger partial charge in [0.15, 0.2) is 5.96 Å². The zero-order valence-electron chi connectivity index (χ0n) is 13.9. The minimum atomic E-state index is 0.143. The van der Waals surface area contributed by atoms with Gasteiger partial charge in [-0.1, -0.05) is 19.0 Å². The van der Waals surface area contributed by atoms with Gasteiger partial charge in [-0.2, -0.15) is 0 Å². The predicted octanol–water partition coefficient (Wildman–Crippen LogP) is 1.89. The summed E-state index contributed by atoms with van der Waals surface area (Å²) in [5.74, 6) is 1.52. The molecule has 1 N–H and O–H groups in total. The van der Waals surface area contributed by atoms with Crippen molar-refractivity contribution in [2.24, 2.45) is 16.3 Å². The largest absolute Gasteiger partial charge is 0.377 e. The monoisotopic (exact) mass is 306 g/mol. The van der Waals surface area contributed by atoms with Crippen LogP contribution in [0, 0.1) is 11.3 Å². The van der Waals surface area contributed by atoms with Crippen LogP contribution in [0.3, 0.4) is 0 Å². The van der Waals surface area contributed by atoms with Crippen LogP contribution in [-0.2, 0) is 11.3 Å². The summed E-state index contributed by atoms with van der Waals surface area (Å²) in [4.78, 5) is 6.74. The van der Waals surface area contributed by atoms with Crippen molar-refractivity contribution in [1.29, 1.82) is 0 Å². The highest BCUT2D eigenvalue weighted by molar-refractivity contribution is 5.80. The van der Waals surface area contributed by atoms with Crippen molar-refractivity contribution in [3.63, 3.8) is 0 Å². The molecule has 0 spiro atoms. The Morgan fingerprint density at radius 1 is 1.55 bits per heavy atom. The van der Waals surface area contributed by atoms with Gasteiger partial charge in [0.05, 0.1) is 12.6 Å². The molecule has 2 heterocycles. The maximum Gasteiger partial charge on any atom is 0.194 e. The van der Waals surface area contributed by atoms with Crippen molar-refractivity contribution in [2.45, 2.75) is 45.9 Å². The molecule has 1 aromatic rings. The highest BCUT2D eigenvalue weighted by Crippen LogP contribution is 2.52. The molecule has 22 heavy (non-hydrogen) atoms. The van der Waals surface area contributed by atoms with Crippen molar-refractivity contribution in [2.75, 3.05) is 20.2 Å². The standard InChI is InChI=1S/C16H26N4O2/c1-5-17-15(20(4)10-11-6-9-22-19-11)18-13-12-7-8-21-14(12)16(13,2)3/h6,9,12-14H,5,7-8,10H2,1-4H3,(H,17,18). The fraction of sp³-hybridized carbons (Fsp3) is 0.750. The van der Waals surface area contributed by atoms with Crippen molar-refractivity contribution in [1.82, 2.24) is 15.4 Å². The van der Waals surface area contributed by atoms with E-state index in [1.54, 1.807) is 6.26 Å². The predicted molar refractivity (Wildman–Crippen MR) is 84.5 cm³/mol. The van der Waals surface area contributed by atoms with Gasteiger partial charge in [0.2, 0.25) is 0 Å². The summed E-state index contributed by atoms with van der Waals surface area (Å²) in [5.41, 5.74) is 1.05. The Balaban J connectivity index is 1.68. The van der Waals surface area contributed by atoms with Crippen molar-refractivity contribution in [3.05, 3.63) is 18.0 Å². The fourth-order valence-corrected chi connectivity index (χ4v) is 3.82. The number of hydrogen-bond donors (Lipinski definition) is 1. The van der Waals surface area contributed by atoms with Crippen LogP contribution in [0.25, 0.3) is 0 Å². The Morgan fingerprint density at radius 2 is 2.36 bits per heavy atom. The SMILES string of the molecule is CCN=C(NC1C2CCOC2C1(C)C)N(C)Cc1ccon1. The number of aliphatic imine (C=N–C) groups is 1. The lowest BCUT2D eigenvalue weighted by molar-refractivity contribution is -0.107. The maximum atomic E-state index is 5.87. The molecule has 3 atom stereocenters. The number of ether oxygens (including phenoxy) is 1. The smallest absolute Gasteiger partial charge is 0.194 e. The average molecular weight is 306 g/mol. The molecule has 2 aliphatic rings. The zero-order valence-corrected chi connectivity index (χ0v) is 13.9. The fourth-order valence-electron chi connectivity index (χ4n) is 3.82. The summed E-state index contributed by atoms with van der Waals surface area (Å²) < 4.78 is 10.8. The van der Waals surface area contributed by atoms with Crippen LogP contribution in [0.15, 0.2) is 21.8 Å². The molecule has 1 saturated heterocycles. The van der Waals surface area contributed by atoms with Gasteiger partial charge in [0.25, 0.3) is 0 Å². The van der Waals surface area contributed by atoms with Gasteiger partial charge in [-0.15, -0.1) is 0 Å². The second-order valence-electron chi connectivity index (χ2n) is 6.83. The molecule has 6 heteroatoms. The number of nitrogens with one attached hydrogen (secondary N) is 1. The Kier molecular flexibility index (Phi) is 4.12. The van der Waals surface area contributed by atoms with Gasteiger partial charge in [-0.25, -0.2) is 0 Å². The molecule has 1 aromatic heterocycles. The molecule has 1 saturated carbocycles. The van der Waals surface area contributed by atoms with E-state index in [2.05, 4.69) is 41.1 Å². The molecule has 2 fully saturated rings. The van der Waals surface area contributed by atoms with Crippen LogP contribution < -0.4 is 5.32 Å². The van der Waals surface area contributed by atoms with Crippen LogP contribution in [0.1, 0.15) is 32.9 Å². The molecule has 0 bridgehead atoms. The van der Waals surface area contributed by atoms with Gasteiger partial charge < -0.3 is 19.5 Å². The van der Waals surface area contributed by atoms with Crippen LogP contribution >= 0.6 is 0 Å². The second kappa shape index (κ2) is 5.91. The molecular formula is C16H26N4O2. The van der Waals surface area contributed by atoms with Crippen molar-refractivity contribution >= 4 is 5.96 Å². The number of guanidine groups is 1. The van der Waals surface area contributed by atoms with Gasteiger partial charge in [-0.3, -0.25) is 4.99 Å². The lowest BCUT2D eigenvalue weighted by Gasteiger charge is -2.55. The van der Waals surface area contributed by atoms with Crippen molar-refractivity contribution < 1.29 is 9.26 Å². The van der Waals surface area contributed by atoms with Gasteiger partial charge in [0.1, 0.15) is 12.0 Å². The Morgan fingerprint density at radius 3 is 3.05 bits per heavy atom. The normalized spacial score (nSPS) is 29.8.